The maximum Gasteiger partial charge on any atom is 0.0863 e. The molecule has 0 aromatic heterocycles. The van der Waals surface area contributed by atoms with Gasteiger partial charge in [0.1, 0.15) is 0 Å². The Morgan fingerprint density at radius 3 is 2.28 bits per heavy atom. The first-order valence-corrected chi connectivity index (χ1v) is 8.80. The van der Waals surface area contributed by atoms with E-state index < -0.39 is 0 Å². The van der Waals surface area contributed by atoms with Gasteiger partial charge in [-0.05, 0) is 18.6 Å². The van der Waals surface area contributed by atoms with E-state index in [0.717, 1.165) is 18.8 Å². The van der Waals surface area contributed by atoms with Crippen molar-refractivity contribution in [2.75, 3.05) is 24.7 Å². The maximum atomic E-state index is 9.71. The van der Waals surface area contributed by atoms with Crippen LogP contribution in [-0.4, -0.2) is 35.9 Å². The fraction of sp³-hybridized carbons (Fsp3) is 1.00. The van der Waals surface area contributed by atoms with Crippen LogP contribution >= 0.6 is 11.8 Å². The SMILES string of the molecule is CCCCCCOCC(O)CSCCCCCC. The van der Waals surface area contributed by atoms with E-state index in [0.29, 0.717) is 6.61 Å². The van der Waals surface area contributed by atoms with Gasteiger partial charge in [0, 0.05) is 12.4 Å². The molecule has 0 amide bonds. The molecule has 1 N–H and O–H groups in total. The van der Waals surface area contributed by atoms with Crippen LogP contribution in [0.4, 0.5) is 0 Å². The topological polar surface area (TPSA) is 29.5 Å². The van der Waals surface area contributed by atoms with E-state index in [2.05, 4.69) is 13.8 Å². The maximum absolute atomic E-state index is 9.71. The number of ether oxygens (including phenoxy) is 1. The van der Waals surface area contributed by atoms with Gasteiger partial charge < -0.3 is 9.84 Å². The number of thioether (sulfide) groups is 1. The quantitative estimate of drug-likeness (QED) is 0.481. The summed E-state index contributed by atoms with van der Waals surface area (Å²) in [7, 11) is 0. The Morgan fingerprint density at radius 2 is 1.61 bits per heavy atom. The molecule has 0 radical (unpaired) electrons. The number of hydrogen-bond donors (Lipinski definition) is 1. The lowest BCUT2D eigenvalue weighted by atomic mass is 10.2. The average molecular weight is 276 g/mol. The lowest BCUT2D eigenvalue weighted by Crippen LogP contribution is -2.18. The van der Waals surface area contributed by atoms with E-state index in [1.54, 1.807) is 0 Å². The first kappa shape index (κ1) is 18.3. The van der Waals surface area contributed by atoms with Crippen molar-refractivity contribution in [1.82, 2.24) is 0 Å². The zero-order valence-corrected chi connectivity index (χ0v) is 13.1. The second-order valence-corrected chi connectivity index (χ2v) is 6.07. The summed E-state index contributed by atoms with van der Waals surface area (Å²) in [4.78, 5) is 0. The lowest BCUT2D eigenvalue weighted by molar-refractivity contribution is 0.0468. The normalized spacial score (nSPS) is 12.8. The Balaban J connectivity index is 3.10. The van der Waals surface area contributed by atoms with Crippen LogP contribution in [0.25, 0.3) is 0 Å². The zero-order chi connectivity index (χ0) is 13.5. The second kappa shape index (κ2) is 15.3. The summed E-state index contributed by atoms with van der Waals surface area (Å²) < 4.78 is 5.47. The molecule has 0 aromatic carbocycles. The smallest absolute Gasteiger partial charge is 0.0863 e. The highest BCUT2D eigenvalue weighted by Gasteiger charge is 2.03. The molecule has 0 saturated heterocycles. The largest absolute Gasteiger partial charge is 0.390 e. The van der Waals surface area contributed by atoms with Gasteiger partial charge in [0.2, 0.25) is 0 Å². The molecule has 0 aliphatic rings. The van der Waals surface area contributed by atoms with Gasteiger partial charge in [0.05, 0.1) is 12.7 Å². The second-order valence-electron chi connectivity index (χ2n) is 4.92. The van der Waals surface area contributed by atoms with Gasteiger partial charge in [0.15, 0.2) is 0 Å². The van der Waals surface area contributed by atoms with Crippen LogP contribution in [0.3, 0.4) is 0 Å². The number of hydrogen-bond acceptors (Lipinski definition) is 3. The molecule has 0 aromatic rings. The van der Waals surface area contributed by atoms with Gasteiger partial charge in [-0.3, -0.25) is 0 Å². The van der Waals surface area contributed by atoms with Crippen LogP contribution in [0, 0.1) is 0 Å². The fourth-order valence-electron chi connectivity index (χ4n) is 1.75. The van der Waals surface area contributed by atoms with Gasteiger partial charge in [-0.15, -0.1) is 0 Å². The molecule has 0 heterocycles. The average Bonchev–Trinajstić information content (AvgIpc) is 2.38. The van der Waals surface area contributed by atoms with Crippen molar-refractivity contribution in [1.29, 1.82) is 0 Å². The molecule has 3 heteroatoms. The summed E-state index contributed by atoms with van der Waals surface area (Å²) in [5, 5.41) is 9.71. The van der Waals surface area contributed by atoms with Crippen molar-refractivity contribution in [2.24, 2.45) is 0 Å². The molecule has 0 spiro atoms. The standard InChI is InChI=1S/C15H32O2S/c1-3-5-7-9-11-17-13-15(16)14-18-12-10-8-6-4-2/h15-16H,3-14H2,1-2H3. The molecule has 0 aliphatic carbocycles. The van der Waals surface area contributed by atoms with Crippen molar-refractivity contribution < 1.29 is 9.84 Å². The minimum atomic E-state index is -0.285. The summed E-state index contributed by atoms with van der Waals surface area (Å²) in [6, 6.07) is 0. The molecule has 2 nitrogen and oxygen atoms in total. The lowest BCUT2D eigenvalue weighted by Gasteiger charge is -2.11. The molecule has 0 bridgehead atoms. The summed E-state index contributed by atoms with van der Waals surface area (Å²) in [6.45, 7) is 5.75. The highest BCUT2D eigenvalue weighted by Crippen LogP contribution is 2.09. The first-order valence-electron chi connectivity index (χ1n) is 7.64. The minimum Gasteiger partial charge on any atom is -0.390 e. The van der Waals surface area contributed by atoms with Gasteiger partial charge in [0.25, 0.3) is 0 Å². The molecular formula is C15H32O2S. The Bertz CT molecular complexity index is 137. The van der Waals surface area contributed by atoms with E-state index in [9.17, 15) is 5.11 Å². The number of unbranched alkanes of at least 4 members (excludes halogenated alkanes) is 6. The Kier molecular flexibility index (Phi) is 15.6. The van der Waals surface area contributed by atoms with Crippen LogP contribution in [0.5, 0.6) is 0 Å². The third kappa shape index (κ3) is 14.3. The molecule has 0 fully saturated rings. The predicted molar refractivity (Wildman–Crippen MR) is 82.4 cm³/mol. The van der Waals surface area contributed by atoms with Crippen molar-refractivity contribution in [2.45, 2.75) is 71.3 Å². The number of aliphatic hydroxyl groups excluding tert-OH is 1. The Morgan fingerprint density at radius 1 is 0.944 bits per heavy atom. The van der Waals surface area contributed by atoms with Crippen LogP contribution in [-0.2, 0) is 4.74 Å². The summed E-state index contributed by atoms with van der Waals surface area (Å²) in [5.74, 6) is 1.99. The van der Waals surface area contributed by atoms with Gasteiger partial charge >= 0.3 is 0 Å². The van der Waals surface area contributed by atoms with Crippen molar-refractivity contribution in [3.8, 4) is 0 Å². The predicted octanol–water partition coefficient (Wildman–Crippen LogP) is 4.26. The zero-order valence-electron chi connectivity index (χ0n) is 12.3. The van der Waals surface area contributed by atoms with Crippen molar-refractivity contribution >= 4 is 11.8 Å². The van der Waals surface area contributed by atoms with Crippen LogP contribution in [0.1, 0.15) is 65.2 Å². The summed E-state index contributed by atoms with van der Waals surface area (Å²) in [5.41, 5.74) is 0. The van der Waals surface area contributed by atoms with Gasteiger partial charge in [-0.2, -0.15) is 11.8 Å². The molecular weight excluding hydrogens is 244 g/mol. The summed E-state index contributed by atoms with van der Waals surface area (Å²) in [6.07, 6.45) is 9.88. The van der Waals surface area contributed by atoms with Crippen molar-refractivity contribution in [3.63, 3.8) is 0 Å². The first-order chi connectivity index (χ1) is 8.81. The molecule has 0 rings (SSSR count). The van der Waals surface area contributed by atoms with Crippen LogP contribution in [0.2, 0.25) is 0 Å². The molecule has 0 aliphatic heterocycles. The Labute approximate surface area is 118 Å². The number of aliphatic hydroxyl groups is 1. The number of rotatable bonds is 14. The highest BCUT2D eigenvalue weighted by atomic mass is 32.2. The summed E-state index contributed by atoms with van der Waals surface area (Å²) >= 11 is 1.85. The molecule has 1 unspecified atom stereocenters. The monoisotopic (exact) mass is 276 g/mol. The van der Waals surface area contributed by atoms with Crippen LogP contribution in [0.15, 0.2) is 0 Å². The van der Waals surface area contributed by atoms with E-state index in [-0.39, 0.29) is 6.10 Å². The van der Waals surface area contributed by atoms with E-state index in [1.165, 1.54) is 50.7 Å². The van der Waals surface area contributed by atoms with Crippen LogP contribution < -0.4 is 0 Å². The molecule has 1 atom stereocenters. The third-order valence-corrected chi connectivity index (χ3v) is 4.10. The fourth-order valence-corrected chi connectivity index (χ4v) is 2.69. The third-order valence-electron chi connectivity index (χ3n) is 2.90. The van der Waals surface area contributed by atoms with E-state index in [1.807, 2.05) is 11.8 Å². The van der Waals surface area contributed by atoms with Gasteiger partial charge in [-0.25, -0.2) is 0 Å². The minimum absolute atomic E-state index is 0.285. The van der Waals surface area contributed by atoms with Gasteiger partial charge in [-0.1, -0.05) is 52.4 Å². The van der Waals surface area contributed by atoms with E-state index >= 15 is 0 Å². The van der Waals surface area contributed by atoms with Crippen molar-refractivity contribution in [3.05, 3.63) is 0 Å². The molecule has 110 valence electrons. The Hall–Kier alpha value is 0.270. The van der Waals surface area contributed by atoms with E-state index in [4.69, 9.17) is 4.74 Å². The molecule has 0 saturated carbocycles. The highest BCUT2D eigenvalue weighted by molar-refractivity contribution is 7.99. The molecule has 18 heavy (non-hydrogen) atoms.